The van der Waals surface area contributed by atoms with Gasteiger partial charge in [0.05, 0.1) is 18.4 Å². The average Bonchev–Trinajstić information content (AvgIpc) is 2.75. The fourth-order valence-corrected chi connectivity index (χ4v) is 5.12. The maximum atomic E-state index is 12.7. The number of piperidine rings is 1. The van der Waals surface area contributed by atoms with E-state index in [0.29, 0.717) is 37.2 Å². The third-order valence-electron chi connectivity index (χ3n) is 5.32. The van der Waals surface area contributed by atoms with Crippen molar-refractivity contribution in [1.82, 2.24) is 4.31 Å². The van der Waals surface area contributed by atoms with E-state index in [-0.39, 0.29) is 17.6 Å². The lowest BCUT2D eigenvalue weighted by Crippen LogP contribution is -2.41. The van der Waals surface area contributed by atoms with Gasteiger partial charge >= 0.3 is 5.97 Å². The van der Waals surface area contributed by atoms with Crippen molar-refractivity contribution in [2.75, 3.05) is 25.5 Å². The van der Waals surface area contributed by atoms with Gasteiger partial charge in [-0.3, -0.25) is 4.79 Å². The van der Waals surface area contributed by atoms with E-state index in [4.69, 9.17) is 4.74 Å². The van der Waals surface area contributed by atoms with Crippen LogP contribution in [-0.4, -0.2) is 44.8 Å². The van der Waals surface area contributed by atoms with Crippen molar-refractivity contribution in [3.05, 3.63) is 65.2 Å². The number of hydrogen-bond acceptors (Lipinski definition) is 5. The number of esters is 1. The number of ether oxygens (including phenoxy) is 1. The minimum absolute atomic E-state index is 0.0313. The molecule has 7 nitrogen and oxygen atoms in total. The van der Waals surface area contributed by atoms with Crippen molar-refractivity contribution in [3.63, 3.8) is 0 Å². The summed E-state index contributed by atoms with van der Waals surface area (Å²) >= 11 is 0. The number of carbonyl (C=O) groups is 2. The minimum atomic E-state index is -3.41. The van der Waals surface area contributed by atoms with Crippen LogP contribution in [-0.2, 0) is 25.3 Å². The summed E-state index contributed by atoms with van der Waals surface area (Å²) in [4.78, 5) is 24.3. The van der Waals surface area contributed by atoms with Gasteiger partial charge in [0.2, 0.25) is 15.9 Å². The molecule has 0 aliphatic carbocycles. The van der Waals surface area contributed by atoms with Crippen molar-refractivity contribution in [2.45, 2.75) is 25.5 Å². The molecule has 0 aromatic heterocycles. The van der Waals surface area contributed by atoms with E-state index in [9.17, 15) is 18.0 Å². The highest BCUT2D eigenvalue weighted by molar-refractivity contribution is 7.88. The Kier molecular flexibility index (Phi) is 6.89. The van der Waals surface area contributed by atoms with Crippen LogP contribution < -0.4 is 5.32 Å². The van der Waals surface area contributed by atoms with E-state index >= 15 is 0 Å². The highest BCUT2D eigenvalue weighted by Gasteiger charge is 2.31. The third kappa shape index (κ3) is 5.25. The van der Waals surface area contributed by atoms with Crippen molar-refractivity contribution < 1.29 is 22.7 Å². The van der Waals surface area contributed by atoms with Crippen LogP contribution in [0.4, 0.5) is 5.69 Å². The van der Waals surface area contributed by atoms with E-state index in [0.717, 1.165) is 11.1 Å². The van der Waals surface area contributed by atoms with Gasteiger partial charge in [0.1, 0.15) is 0 Å². The molecule has 0 radical (unpaired) electrons. The Labute approximate surface area is 177 Å². The number of hydrogen-bond donors (Lipinski definition) is 1. The number of benzene rings is 2. The van der Waals surface area contributed by atoms with Crippen molar-refractivity contribution in [2.24, 2.45) is 5.92 Å². The standard InChI is InChI=1S/C22H26N2O5S/c1-16-14-19(22(26)29-2)8-9-20(16)23-21(25)18-10-12-24(13-11-18)30(27,28)15-17-6-4-3-5-7-17/h3-9,14,18H,10-13,15H2,1-2H3,(H,23,25). The van der Waals surface area contributed by atoms with Gasteiger partial charge in [-0.2, -0.15) is 0 Å². The Bertz CT molecular complexity index is 1010. The third-order valence-corrected chi connectivity index (χ3v) is 7.17. The first-order valence-electron chi connectivity index (χ1n) is 9.82. The van der Waals surface area contributed by atoms with E-state index < -0.39 is 16.0 Å². The Balaban J connectivity index is 1.57. The first-order valence-corrected chi connectivity index (χ1v) is 11.4. The smallest absolute Gasteiger partial charge is 0.337 e. The molecule has 1 aliphatic heterocycles. The summed E-state index contributed by atoms with van der Waals surface area (Å²) in [6.07, 6.45) is 0.943. The lowest BCUT2D eigenvalue weighted by molar-refractivity contribution is -0.120. The molecule has 0 spiro atoms. The van der Waals surface area contributed by atoms with E-state index in [1.165, 1.54) is 11.4 Å². The summed E-state index contributed by atoms with van der Waals surface area (Å²) in [7, 11) is -2.09. The van der Waals surface area contributed by atoms with Gasteiger partial charge in [0.15, 0.2) is 0 Å². The zero-order valence-corrected chi connectivity index (χ0v) is 17.9. The number of carbonyl (C=O) groups excluding carboxylic acids is 2. The Hall–Kier alpha value is -2.71. The number of nitrogens with zero attached hydrogens (tertiary/aromatic N) is 1. The zero-order valence-electron chi connectivity index (χ0n) is 17.1. The largest absolute Gasteiger partial charge is 0.465 e. The lowest BCUT2D eigenvalue weighted by Gasteiger charge is -2.30. The molecule has 8 heteroatoms. The van der Waals surface area contributed by atoms with Gasteiger partial charge < -0.3 is 10.1 Å². The number of sulfonamides is 1. The van der Waals surface area contributed by atoms with Gasteiger partial charge in [-0.15, -0.1) is 0 Å². The van der Waals surface area contributed by atoms with E-state index in [2.05, 4.69) is 5.32 Å². The van der Waals surface area contributed by atoms with Crippen LogP contribution in [0.2, 0.25) is 0 Å². The van der Waals surface area contributed by atoms with Gasteiger partial charge in [-0.05, 0) is 49.1 Å². The predicted octanol–water partition coefficient (Wildman–Crippen LogP) is 2.96. The number of amides is 1. The van der Waals surface area contributed by atoms with Crippen LogP contribution in [0, 0.1) is 12.8 Å². The first-order chi connectivity index (χ1) is 14.3. The van der Waals surface area contributed by atoms with Crippen LogP contribution in [0.3, 0.4) is 0 Å². The Morgan fingerprint density at radius 3 is 2.37 bits per heavy atom. The van der Waals surface area contributed by atoms with Gasteiger partial charge in [0.25, 0.3) is 0 Å². The molecular weight excluding hydrogens is 404 g/mol. The summed E-state index contributed by atoms with van der Waals surface area (Å²) in [5.41, 5.74) is 2.56. The number of aryl methyl sites for hydroxylation is 1. The summed E-state index contributed by atoms with van der Waals surface area (Å²) in [5.74, 6) is -0.854. The van der Waals surface area contributed by atoms with Crippen molar-refractivity contribution in [1.29, 1.82) is 0 Å². The van der Waals surface area contributed by atoms with Crippen molar-refractivity contribution >= 4 is 27.6 Å². The second-order valence-corrected chi connectivity index (χ2v) is 9.39. The molecule has 3 rings (SSSR count). The second-order valence-electron chi connectivity index (χ2n) is 7.43. The maximum absolute atomic E-state index is 12.7. The average molecular weight is 431 g/mol. The zero-order chi connectivity index (χ0) is 21.7. The minimum Gasteiger partial charge on any atom is -0.465 e. The molecule has 0 bridgehead atoms. The quantitative estimate of drug-likeness (QED) is 0.712. The van der Waals surface area contributed by atoms with Crippen LogP contribution in [0.5, 0.6) is 0 Å². The van der Waals surface area contributed by atoms with Gasteiger partial charge in [0, 0.05) is 24.7 Å². The van der Waals surface area contributed by atoms with Crippen LogP contribution >= 0.6 is 0 Å². The van der Waals surface area contributed by atoms with E-state index in [1.807, 2.05) is 18.2 Å². The molecule has 160 valence electrons. The summed E-state index contributed by atoms with van der Waals surface area (Å²) in [6.45, 7) is 2.46. The maximum Gasteiger partial charge on any atom is 0.337 e. The Morgan fingerprint density at radius 1 is 1.10 bits per heavy atom. The number of nitrogens with one attached hydrogen (secondary N) is 1. The lowest BCUT2D eigenvalue weighted by atomic mass is 9.97. The van der Waals surface area contributed by atoms with Crippen molar-refractivity contribution in [3.8, 4) is 0 Å². The molecule has 30 heavy (non-hydrogen) atoms. The highest BCUT2D eigenvalue weighted by atomic mass is 32.2. The Morgan fingerprint density at radius 2 is 1.77 bits per heavy atom. The number of rotatable bonds is 6. The molecule has 0 unspecified atom stereocenters. The van der Waals surface area contributed by atoms with Crippen LogP contribution in [0.1, 0.15) is 34.3 Å². The fourth-order valence-electron chi connectivity index (χ4n) is 3.56. The second kappa shape index (κ2) is 9.40. The first kappa shape index (κ1) is 22.0. The molecule has 1 aliphatic rings. The van der Waals surface area contributed by atoms with Crippen LogP contribution in [0.25, 0.3) is 0 Å². The van der Waals surface area contributed by atoms with Gasteiger partial charge in [-0.1, -0.05) is 30.3 Å². The monoisotopic (exact) mass is 430 g/mol. The highest BCUT2D eigenvalue weighted by Crippen LogP contribution is 2.24. The molecule has 1 heterocycles. The number of methoxy groups -OCH3 is 1. The summed E-state index contributed by atoms with van der Waals surface area (Å²) < 4.78 is 31.5. The molecule has 1 N–H and O–H groups in total. The van der Waals surface area contributed by atoms with Crippen LogP contribution in [0.15, 0.2) is 48.5 Å². The fraction of sp³-hybridized carbons (Fsp3) is 0.364. The normalized spacial score (nSPS) is 15.5. The molecule has 2 aromatic rings. The number of anilines is 1. The van der Waals surface area contributed by atoms with E-state index in [1.54, 1.807) is 37.3 Å². The molecule has 0 atom stereocenters. The molecule has 1 fully saturated rings. The van der Waals surface area contributed by atoms with Gasteiger partial charge in [-0.25, -0.2) is 17.5 Å². The molecule has 0 saturated carbocycles. The SMILES string of the molecule is COC(=O)c1ccc(NC(=O)C2CCN(S(=O)(=O)Cc3ccccc3)CC2)c(C)c1. The molecule has 2 aromatic carbocycles. The predicted molar refractivity (Wildman–Crippen MR) is 115 cm³/mol. The summed E-state index contributed by atoms with van der Waals surface area (Å²) in [6, 6.07) is 14.0. The molecule has 1 saturated heterocycles. The summed E-state index contributed by atoms with van der Waals surface area (Å²) in [5, 5.41) is 2.90. The molecular formula is C22H26N2O5S. The molecule has 1 amide bonds. The topological polar surface area (TPSA) is 92.8 Å².